The van der Waals surface area contributed by atoms with E-state index in [1.165, 1.54) is 26.4 Å². The average Bonchev–Trinajstić information content (AvgIpc) is 3.30. The maximum absolute atomic E-state index is 13.6. The summed E-state index contributed by atoms with van der Waals surface area (Å²) in [4.78, 5) is 28.6. The maximum atomic E-state index is 13.6. The molecule has 2 atom stereocenters. The number of rotatable bonds is 4. The number of hydrogen-bond donors (Lipinski definition) is 1. The van der Waals surface area contributed by atoms with Gasteiger partial charge in [0.2, 0.25) is 12.6 Å². The standard InChI is InChI=1S/C22H21NO7/c1-4-5-23-19-11-6-17-18(30-10-29-17)7-12(11)20(24)22(19,26)14-9-16(28-3)15(27-2)8-13(14)21(23)25/h6-9,19,26H,4-5,10H2,1-3H3/t19-,22+/m1/s1. The van der Waals surface area contributed by atoms with Crippen molar-refractivity contribution in [2.75, 3.05) is 27.6 Å². The van der Waals surface area contributed by atoms with Gasteiger partial charge in [0.25, 0.3) is 5.91 Å². The van der Waals surface area contributed by atoms with Crippen molar-refractivity contribution in [1.29, 1.82) is 0 Å². The predicted molar refractivity (Wildman–Crippen MR) is 104 cm³/mol. The summed E-state index contributed by atoms with van der Waals surface area (Å²) in [5.74, 6) is 0.867. The molecule has 2 aromatic carbocycles. The van der Waals surface area contributed by atoms with E-state index < -0.39 is 17.4 Å². The molecule has 1 aliphatic carbocycles. The third-order valence-electron chi connectivity index (χ3n) is 6.03. The molecule has 0 fully saturated rings. The molecule has 0 saturated carbocycles. The lowest BCUT2D eigenvalue weighted by molar-refractivity contribution is -0.0276. The van der Waals surface area contributed by atoms with E-state index in [1.807, 2.05) is 6.92 Å². The Morgan fingerprint density at radius 1 is 1.07 bits per heavy atom. The van der Waals surface area contributed by atoms with E-state index >= 15 is 0 Å². The summed E-state index contributed by atoms with van der Waals surface area (Å²) in [5, 5.41) is 11.9. The van der Waals surface area contributed by atoms with Gasteiger partial charge in [-0.25, -0.2) is 0 Å². The van der Waals surface area contributed by atoms with Crippen molar-refractivity contribution >= 4 is 11.7 Å². The first-order chi connectivity index (χ1) is 14.4. The van der Waals surface area contributed by atoms with E-state index in [0.717, 1.165) is 0 Å². The molecule has 2 heterocycles. The Bertz CT molecular complexity index is 1100. The van der Waals surface area contributed by atoms with Gasteiger partial charge in [-0.05, 0) is 36.2 Å². The molecule has 8 nitrogen and oxygen atoms in total. The molecule has 0 bridgehead atoms. The molecule has 156 valence electrons. The van der Waals surface area contributed by atoms with Crippen molar-refractivity contribution in [3.8, 4) is 23.0 Å². The second kappa shape index (κ2) is 6.37. The highest BCUT2D eigenvalue weighted by atomic mass is 16.7. The van der Waals surface area contributed by atoms with Gasteiger partial charge in [-0.2, -0.15) is 0 Å². The summed E-state index contributed by atoms with van der Waals surface area (Å²) in [6.07, 6.45) is 0.662. The van der Waals surface area contributed by atoms with E-state index in [2.05, 4.69) is 0 Å². The molecule has 0 unspecified atom stereocenters. The SMILES string of the molecule is CCCN1C(=O)c2cc(OC)c(OC)cc2[C@@]2(O)C(=O)c3cc4c(cc3[C@@H]12)OCO4. The average molecular weight is 411 g/mol. The number of carbonyl (C=O) groups excluding carboxylic acids is 2. The maximum Gasteiger partial charge on any atom is 0.255 e. The van der Waals surface area contributed by atoms with Crippen LogP contribution in [0.4, 0.5) is 0 Å². The van der Waals surface area contributed by atoms with E-state index in [9.17, 15) is 14.7 Å². The highest BCUT2D eigenvalue weighted by molar-refractivity contribution is 6.13. The van der Waals surface area contributed by atoms with Crippen molar-refractivity contribution in [3.05, 3.63) is 46.5 Å². The third kappa shape index (κ3) is 2.19. The summed E-state index contributed by atoms with van der Waals surface area (Å²) >= 11 is 0. The van der Waals surface area contributed by atoms with E-state index in [0.29, 0.717) is 47.1 Å². The smallest absolute Gasteiger partial charge is 0.255 e. The Kier molecular flexibility index (Phi) is 3.98. The Morgan fingerprint density at radius 2 is 1.73 bits per heavy atom. The molecule has 0 radical (unpaired) electrons. The zero-order chi connectivity index (χ0) is 21.2. The van der Waals surface area contributed by atoms with Gasteiger partial charge >= 0.3 is 0 Å². The fourth-order valence-electron chi connectivity index (χ4n) is 4.71. The number of hydrogen-bond acceptors (Lipinski definition) is 7. The largest absolute Gasteiger partial charge is 0.493 e. The van der Waals surface area contributed by atoms with Crippen LogP contribution in [0.2, 0.25) is 0 Å². The number of amides is 1. The number of aliphatic hydroxyl groups is 1. The normalized spacial score (nSPS) is 23.2. The molecular formula is C22H21NO7. The zero-order valence-electron chi connectivity index (χ0n) is 16.9. The molecule has 0 aromatic heterocycles. The molecule has 0 saturated heterocycles. The third-order valence-corrected chi connectivity index (χ3v) is 6.03. The van der Waals surface area contributed by atoms with Crippen LogP contribution in [0.15, 0.2) is 24.3 Å². The Balaban J connectivity index is 1.79. The lowest BCUT2D eigenvalue weighted by Crippen LogP contribution is -2.52. The second-order valence-electron chi connectivity index (χ2n) is 7.54. The van der Waals surface area contributed by atoms with Gasteiger partial charge in [0, 0.05) is 17.7 Å². The molecule has 1 amide bonds. The number of benzene rings is 2. The molecule has 0 spiro atoms. The Labute approximate surface area is 172 Å². The first-order valence-electron chi connectivity index (χ1n) is 9.73. The number of carbonyl (C=O) groups is 2. The minimum absolute atomic E-state index is 0.0682. The van der Waals surface area contributed by atoms with Crippen molar-refractivity contribution in [2.24, 2.45) is 0 Å². The lowest BCUT2D eigenvalue weighted by Gasteiger charge is -2.43. The Hall–Kier alpha value is -3.26. The summed E-state index contributed by atoms with van der Waals surface area (Å²) in [6.45, 7) is 2.38. The van der Waals surface area contributed by atoms with Gasteiger partial charge in [0.15, 0.2) is 28.6 Å². The number of nitrogens with zero attached hydrogens (tertiary/aromatic N) is 1. The molecule has 8 heteroatoms. The summed E-state index contributed by atoms with van der Waals surface area (Å²) in [5.41, 5.74) is -0.640. The van der Waals surface area contributed by atoms with Crippen LogP contribution in [0, 0.1) is 0 Å². The second-order valence-corrected chi connectivity index (χ2v) is 7.54. The molecule has 2 aromatic rings. The van der Waals surface area contributed by atoms with Crippen molar-refractivity contribution in [2.45, 2.75) is 25.0 Å². The van der Waals surface area contributed by atoms with E-state index in [1.54, 1.807) is 17.0 Å². The fraction of sp³-hybridized carbons (Fsp3) is 0.364. The number of fused-ring (bicyclic) bond motifs is 6. The zero-order valence-corrected chi connectivity index (χ0v) is 16.9. The molecule has 5 rings (SSSR count). The summed E-state index contributed by atoms with van der Waals surface area (Å²) < 4.78 is 21.6. The van der Waals surface area contributed by atoms with Crippen LogP contribution in [-0.2, 0) is 5.60 Å². The van der Waals surface area contributed by atoms with Crippen LogP contribution in [0.1, 0.15) is 51.2 Å². The van der Waals surface area contributed by atoms with Crippen LogP contribution >= 0.6 is 0 Å². The van der Waals surface area contributed by atoms with Gasteiger partial charge in [-0.3, -0.25) is 9.59 Å². The highest BCUT2D eigenvalue weighted by Crippen LogP contribution is 2.56. The molecule has 3 aliphatic rings. The van der Waals surface area contributed by atoms with Gasteiger partial charge in [0.1, 0.15) is 0 Å². The van der Waals surface area contributed by atoms with Crippen molar-refractivity contribution in [1.82, 2.24) is 4.90 Å². The first kappa shape index (κ1) is 18.7. The van der Waals surface area contributed by atoms with Crippen LogP contribution in [0.25, 0.3) is 0 Å². The van der Waals surface area contributed by atoms with Crippen LogP contribution < -0.4 is 18.9 Å². The molecule has 2 aliphatic heterocycles. The Morgan fingerprint density at radius 3 is 2.40 bits per heavy atom. The van der Waals surface area contributed by atoms with Crippen LogP contribution in [0.3, 0.4) is 0 Å². The van der Waals surface area contributed by atoms with Crippen molar-refractivity contribution in [3.63, 3.8) is 0 Å². The van der Waals surface area contributed by atoms with Crippen LogP contribution in [-0.4, -0.2) is 49.3 Å². The molecule has 30 heavy (non-hydrogen) atoms. The van der Waals surface area contributed by atoms with E-state index in [4.69, 9.17) is 18.9 Å². The number of methoxy groups -OCH3 is 2. The monoisotopic (exact) mass is 411 g/mol. The topological polar surface area (TPSA) is 94.5 Å². The summed E-state index contributed by atoms with van der Waals surface area (Å²) in [6, 6.07) is 5.46. The van der Waals surface area contributed by atoms with Crippen molar-refractivity contribution < 1.29 is 33.6 Å². The first-order valence-corrected chi connectivity index (χ1v) is 9.73. The van der Waals surface area contributed by atoms with Gasteiger partial charge in [-0.1, -0.05) is 6.92 Å². The number of Topliss-reactive ketones (excluding diaryl/α,β-unsaturated/α-hetero) is 1. The van der Waals surface area contributed by atoms with Gasteiger partial charge in [0.05, 0.1) is 25.8 Å². The van der Waals surface area contributed by atoms with Gasteiger partial charge in [-0.15, -0.1) is 0 Å². The molecular weight excluding hydrogens is 390 g/mol. The minimum Gasteiger partial charge on any atom is -0.493 e. The van der Waals surface area contributed by atoms with E-state index in [-0.39, 0.29) is 23.8 Å². The number of ketones is 1. The quantitative estimate of drug-likeness (QED) is 0.826. The predicted octanol–water partition coefficient (Wildman–Crippen LogP) is 2.42. The minimum atomic E-state index is -1.95. The summed E-state index contributed by atoms with van der Waals surface area (Å²) in [7, 11) is 2.93. The number of ether oxygens (including phenoxy) is 4. The fourth-order valence-corrected chi connectivity index (χ4v) is 4.71. The highest BCUT2D eigenvalue weighted by Gasteiger charge is 2.61. The lowest BCUT2D eigenvalue weighted by atomic mass is 9.78. The van der Waals surface area contributed by atoms with Crippen LogP contribution in [0.5, 0.6) is 23.0 Å². The van der Waals surface area contributed by atoms with Gasteiger partial charge < -0.3 is 29.0 Å². The molecule has 1 N–H and O–H groups in total.